The second-order valence-electron chi connectivity index (χ2n) is 4.26. The first-order valence-corrected chi connectivity index (χ1v) is 6.87. The molecule has 0 saturated carbocycles. The van der Waals surface area contributed by atoms with Crippen LogP contribution in [0.1, 0.15) is 24.9 Å². The van der Waals surface area contributed by atoms with Crippen LogP contribution in [0.15, 0.2) is 46.9 Å². The molecule has 1 atom stereocenters. The summed E-state index contributed by atoms with van der Waals surface area (Å²) in [5, 5.41) is 2.94. The summed E-state index contributed by atoms with van der Waals surface area (Å²) in [6.45, 7) is 1.97. The second-order valence-corrected chi connectivity index (χ2v) is 5.18. The molecule has 0 fully saturated rings. The van der Waals surface area contributed by atoms with Crippen LogP contribution in [0.2, 0.25) is 0 Å². The molecule has 1 nitrogen and oxygen atoms in total. The lowest BCUT2D eigenvalue weighted by Gasteiger charge is -2.19. The summed E-state index contributed by atoms with van der Waals surface area (Å²) < 4.78 is 28.0. The van der Waals surface area contributed by atoms with Crippen molar-refractivity contribution < 1.29 is 8.78 Å². The van der Waals surface area contributed by atoms with Gasteiger partial charge in [0.1, 0.15) is 17.3 Å². The van der Waals surface area contributed by atoms with E-state index in [9.17, 15) is 8.78 Å². The lowest BCUT2D eigenvalue weighted by molar-refractivity contribution is 0.579. The van der Waals surface area contributed by atoms with Crippen molar-refractivity contribution >= 4 is 21.6 Å². The SMILES string of the molecule is CCC(Nc1c(F)cc(Br)cc1F)c1ccccc1. The minimum Gasteiger partial charge on any atom is -0.374 e. The van der Waals surface area contributed by atoms with E-state index in [2.05, 4.69) is 21.2 Å². The Morgan fingerprint density at radius 3 is 2.21 bits per heavy atom. The number of hydrogen-bond donors (Lipinski definition) is 1. The van der Waals surface area contributed by atoms with Crippen molar-refractivity contribution in [1.82, 2.24) is 0 Å². The van der Waals surface area contributed by atoms with Gasteiger partial charge in [-0.1, -0.05) is 53.2 Å². The number of halogens is 3. The van der Waals surface area contributed by atoms with Gasteiger partial charge >= 0.3 is 0 Å². The smallest absolute Gasteiger partial charge is 0.150 e. The molecule has 0 aromatic heterocycles. The monoisotopic (exact) mass is 325 g/mol. The average molecular weight is 326 g/mol. The van der Waals surface area contributed by atoms with Crippen LogP contribution in [0, 0.1) is 11.6 Å². The van der Waals surface area contributed by atoms with Gasteiger partial charge in [-0.3, -0.25) is 0 Å². The molecule has 0 amide bonds. The molecule has 0 aliphatic rings. The fraction of sp³-hybridized carbons (Fsp3) is 0.200. The summed E-state index contributed by atoms with van der Waals surface area (Å²) in [5.41, 5.74) is 0.922. The molecule has 0 saturated heterocycles. The topological polar surface area (TPSA) is 12.0 Å². The minimum atomic E-state index is -0.596. The maximum Gasteiger partial charge on any atom is 0.150 e. The van der Waals surface area contributed by atoms with Crippen molar-refractivity contribution in [3.63, 3.8) is 0 Å². The van der Waals surface area contributed by atoms with Crippen molar-refractivity contribution in [2.45, 2.75) is 19.4 Å². The van der Waals surface area contributed by atoms with Crippen LogP contribution in [0.5, 0.6) is 0 Å². The highest BCUT2D eigenvalue weighted by molar-refractivity contribution is 9.10. The second kappa shape index (κ2) is 6.15. The van der Waals surface area contributed by atoms with Crippen molar-refractivity contribution in [2.75, 3.05) is 5.32 Å². The van der Waals surface area contributed by atoms with Crippen molar-refractivity contribution in [3.8, 4) is 0 Å². The van der Waals surface area contributed by atoms with E-state index in [4.69, 9.17) is 0 Å². The molecule has 0 aliphatic heterocycles. The third kappa shape index (κ3) is 3.32. The van der Waals surface area contributed by atoms with E-state index in [1.807, 2.05) is 37.3 Å². The molecule has 0 radical (unpaired) electrons. The van der Waals surface area contributed by atoms with Crippen LogP contribution >= 0.6 is 15.9 Å². The Balaban J connectivity index is 2.29. The van der Waals surface area contributed by atoms with Gasteiger partial charge in [-0.2, -0.15) is 0 Å². The Morgan fingerprint density at radius 1 is 1.11 bits per heavy atom. The molecule has 1 N–H and O–H groups in total. The number of hydrogen-bond acceptors (Lipinski definition) is 1. The van der Waals surface area contributed by atoms with E-state index in [-0.39, 0.29) is 11.7 Å². The van der Waals surface area contributed by atoms with Gasteiger partial charge < -0.3 is 5.32 Å². The first-order valence-electron chi connectivity index (χ1n) is 6.08. The van der Waals surface area contributed by atoms with Crippen LogP contribution in [-0.2, 0) is 0 Å². The molecule has 0 spiro atoms. The third-order valence-corrected chi connectivity index (χ3v) is 3.39. The molecule has 4 heteroatoms. The molecule has 0 aliphatic carbocycles. The largest absolute Gasteiger partial charge is 0.374 e. The first kappa shape index (κ1) is 14.0. The number of anilines is 1. The molecule has 19 heavy (non-hydrogen) atoms. The zero-order valence-electron chi connectivity index (χ0n) is 10.5. The van der Waals surface area contributed by atoms with Crippen molar-refractivity contribution in [2.24, 2.45) is 0 Å². The average Bonchev–Trinajstić information content (AvgIpc) is 2.39. The normalized spacial score (nSPS) is 12.2. The highest BCUT2D eigenvalue weighted by atomic mass is 79.9. The van der Waals surface area contributed by atoms with Gasteiger partial charge in [0, 0.05) is 4.47 Å². The van der Waals surface area contributed by atoms with Gasteiger partial charge in [0.2, 0.25) is 0 Å². The van der Waals surface area contributed by atoms with E-state index >= 15 is 0 Å². The quantitative estimate of drug-likeness (QED) is 0.805. The van der Waals surface area contributed by atoms with Gasteiger partial charge in [-0.15, -0.1) is 0 Å². The van der Waals surface area contributed by atoms with Crippen LogP contribution in [-0.4, -0.2) is 0 Å². The van der Waals surface area contributed by atoms with Gasteiger partial charge in [0.05, 0.1) is 6.04 Å². The first-order chi connectivity index (χ1) is 9.11. The molecule has 1 unspecified atom stereocenters. The predicted octanol–water partition coefficient (Wildman–Crippen LogP) is 5.29. The third-order valence-electron chi connectivity index (χ3n) is 2.94. The Bertz CT molecular complexity index is 534. The Hall–Kier alpha value is -1.42. The maximum absolute atomic E-state index is 13.8. The summed E-state index contributed by atoms with van der Waals surface area (Å²) in [5.74, 6) is -1.19. The fourth-order valence-corrected chi connectivity index (χ4v) is 2.36. The van der Waals surface area contributed by atoms with Crippen LogP contribution in [0.3, 0.4) is 0 Å². The molecular weight excluding hydrogens is 312 g/mol. The summed E-state index contributed by atoms with van der Waals surface area (Å²) in [6, 6.07) is 12.0. The van der Waals surface area contributed by atoms with Crippen molar-refractivity contribution in [1.29, 1.82) is 0 Å². The Kier molecular flexibility index (Phi) is 4.53. The highest BCUT2D eigenvalue weighted by Crippen LogP contribution is 2.28. The standard InChI is InChI=1S/C15H14BrF2N/c1-2-14(10-6-4-3-5-7-10)19-15-12(17)8-11(16)9-13(15)18/h3-9,14,19H,2H2,1H3. The van der Waals surface area contributed by atoms with Gasteiger partial charge in [-0.05, 0) is 24.1 Å². The maximum atomic E-state index is 13.8. The summed E-state index contributed by atoms with van der Waals surface area (Å²) in [7, 11) is 0. The molecule has 2 rings (SSSR count). The highest BCUT2D eigenvalue weighted by Gasteiger charge is 2.15. The van der Waals surface area contributed by atoms with E-state index in [0.717, 1.165) is 12.0 Å². The zero-order chi connectivity index (χ0) is 13.8. The number of rotatable bonds is 4. The number of benzene rings is 2. The molecular formula is C15H14BrF2N. The van der Waals surface area contributed by atoms with E-state index in [1.165, 1.54) is 12.1 Å². The molecule has 2 aromatic carbocycles. The van der Waals surface area contributed by atoms with Gasteiger partial charge in [0.25, 0.3) is 0 Å². The van der Waals surface area contributed by atoms with Crippen LogP contribution in [0.25, 0.3) is 0 Å². The van der Waals surface area contributed by atoms with Crippen LogP contribution in [0.4, 0.5) is 14.5 Å². The zero-order valence-corrected chi connectivity index (χ0v) is 12.0. The lowest BCUT2D eigenvalue weighted by atomic mass is 10.0. The van der Waals surface area contributed by atoms with E-state index in [1.54, 1.807) is 0 Å². The Labute approximate surface area is 119 Å². The summed E-state index contributed by atoms with van der Waals surface area (Å²) in [6.07, 6.45) is 0.735. The van der Waals surface area contributed by atoms with Gasteiger partial charge in [-0.25, -0.2) is 8.78 Å². The minimum absolute atomic E-state index is 0.0843. The van der Waals surface area contributed by atoms with Crippen molar-refractivity contribution in [3.05, 3.63) is 64.1 Å². The number of nitrogens with one attached hydrogen (secondary N) is 1. The van der Waals surface area contributed by atoms with E-state index < -0.39 is 11.6 Å². The molecule has 0 bridgehead atoms. The molecule has 2 aromatic rings. The van der Waals surface area contributed by atoms with Gasteiger partial charge in [0.15, 0.2) is 0 Å². The summed E-state index contributed by atoms with van der Waals surface area (Å²) >= 11 is 3.07. The molecule has 0 heterocycles. The predicted molar refractivity (Wildman–Crippen MR) is 77.2 cm³/mol. The summed E-state index contributed by atoms with van der Waals surface area (Å²) in [4.78, 5) is 0. The van der Waals surface area contributed by atoms with E-state index in [0.29, 0.717) is 4.47 Å². The van der Waals surface area contributed by atoms with Crippen LogP contribution < -0.4 is 5.32 Å². The molecule has 100 valence electrons. The fourth-order valence-electron chi connectivity index (χ4n) is 1.96. The lowest BCUT2D eigenvalue weighted by Crippen LogP contribution is -2.12. The Morgan fingerprint density at radius 2 is 1.68 bits per heavy atom.